The summed E-state index contributed by atoms with van der Waals surface area (Å²) in [5.41, 5.74) is 5.36. The van der Waals surface area contributed by atoms with E-state index in [-0.39, 0.29) is 17.3 Å². The first-order valence-corrected chi connectivity index (χ1v) is 11.2. The number of fused-ring (bicyclic) bond motifs is 5. The van der Waals surface area contributed by atoms with Gasteiger partial charge in [0.1, 0.15) is 17.6 Å². The van der Waals surface area contributed by atoms with Crippen LogP contribution in [0, 0.1) is 13.8 Å². The third-order valence-electron chi connectivity index (χ3n) is 6.70. The Morgan fingerprint density at radius 1 is 0.882 bits per heavy atom. The van der Waals surface area contributed by atoms with Crippen LogP contribution in [0.3, 0.4) is 0 Å². The first-order valence-electron chi connectivity index (χ1n) is 11.2. The molecule has 1 unspecified atom stereocenters. The van der Waals surface area contributed by atoms with Gasteiger partial charge in [0, 0.05) is 14.1 Å². The molecular formula is C27H24N4O3. The fraction of sp³-hybridized carbons (Fsp3) is 0.185. The van der Waals surface area contributed by atoms with E-state index in [4.69, 9.17) is 4.42 Å². The number of aromatic nitrogens is 3. The number of nitrogens with one attached hydrogen (secondary N) is 1. The van der Waals surface area contributed by atoms with Crippen molar-refractivity contribution in [2.75, 3.05) is 5.32 Å². The van der Waals surface area contributed by atoms with E-state index < -0.39 is 0 Å². The van der Waals surface area contributed by atoms with Gasteiger partial charge in [-0.05, 0) is 43.7 Å². The molecule has 0 radical (unpaired) electrons. The van der Waals surface area contributed by atoms with Gasteiger partial charge in [0.2, 0.25) is 0 Å². The minimum atomic E-state index is -0.386. The van der Waals surface area contributed by atoms with Gasteiger partial charge in [-0.2, -0.15) is 0 Å². The van der Waals surface area contributed by atoms with Crippen LogP contribution in [0.25, 0.3) is 27.8 Å². The molecule has 0 amide bonds. The van der Waals surface area contributed by atoms with Crippen molar-refractivity contribution in [3.63, 3.8) is 0 Å². The molecule has 1 aliphatic heterocycles. The predicted octanol–water partition coefficient (Wildman–Crippen LogP) is 4.42. The Balaban J connectivity index is 1.87. The van der Waals surface area contributed by atoms with Crippen LogP contribution in [-0.2, 0) is 14.1 Å². The lowest BCUT2D eigenvalue weighted by Crippen LogP contribution is -2.37. The smallest absolute Gasteiger partial charge is 0.331 e. The monoisotopic (exact) mass is 452 g/mol. The first-order chi connectivity index (χ1) is 16.4. The number of benzene rings is 2. The average Bonchev–Trinajstić information content (AvgIpc) is 3.43. The second-order valence-corrected chi connectivity index (χ2v) is 8.91. The van der Waals surface area contributed by atoms with Gasteiger partial charge in [0.15, 0.2) is 0 Å². The van der Waals surface area contributed by atoms with Crippen molar-refractivity contribution in [2.45, 2.75) is 19.9 Å². The standard InChI is InChI=1S/C27H24N4O3/c1-15-9-12-17(13-10-15)23-21-24(29(3)27(33)30(4)26(21)32)25-22(20-14-11-16(2)34-20)28-18-7-5-6-8-19(18)31(23)25/h5-14,22,28H,1-4H3. The zero-order valence-electron chi connectivity index (χ0n) is 19.4. The number of para-hydroxylation sites is 2. The van der Waals surface area contributed by atoms with Crippen molar-refractivity contribution >= 4 is 16.6 Å². The van der Waals surface area contributed by atoms with E-state index in [9.17, 15) is 9.59 Å². The third kappa shape index (κ3) is 2.70. The highest BCUT2D eigenvalue weighted by molar-refractivity contribution is 5.99. The Labute approximate surface area is 195 Å². The maximum absolute atomic E-state index is 13.6. The predicted molar refractivity (Wildman–Crippen MR) is 133 cm³/mol. The molecule has 0 saturated carbocycles. The van der Waals surface area contributed by atoms with Gasteiger partial charge in [-0.1, -0.05) is 42.0 Å². The van der Waals surface area contributed by atoms with Crippen molar-refractivity contribution in [2.24, 2.45) is 14.1 Å². The second-order valence-electron chi connectivity index (χ2n) is 8.91. The summed E-state index contributed by atoms with van der Waals surface area (Å²) < 4.78 is 10.9. The van der Waals surface area contributed by atoms with Crippen LogP contribution >= 0.6 is 0 Å². The maximum atomic E-state index is 13.6. The lowest BCUT2D eigenvalue weighted by molar-refractivity contribution is 0.469. The minimum Gasteiger partial charge on any atom is -0.464 e. The molecule has 4 heterocycles. The number of aryl methyl sites for hydroxylation is 3. The lowest BCUT2D eigenvalue weighted by Gasteiger charge is -2.29. The van der Waals surface area contributed by atoms with E-state index in [0.29, 0.717) is 10.9 Å². The Hall–Kier alpha value is -4.26. The molecule has 1 N–H and O–H groups in total. The first kappa shape index (κ1) is 20.4. The molecule has 0 fully saturated rings. The largest absolute Gasteiger partial charge is 0.464 e. The molecule has 0 saturated heterocycles. The van der Waals surface area contributed by atoms with E-state index in [0.717, 1.165) is 45.4 Å². The van der Waals surface area contributed by atoms with E-state index in [1.807, 2.05) is 74.5 Å². The van der Waals surface area contributed by atoms with Crippen molar-refractivity contribution in [3.05, 3.63) is 104 Å². The zero-order chi connectivity index (χ0) is 23.7. The minimum absolute atomic E-state index is 0.317. The van der Waals surface area contributed by atoms with Crippen LogP contribution in [0.5, 0.6) is 0 Å². The third-order valence-corrected chi connectivity index (χ3v) is 6.70. The van der Waals surface area contributed by atoms with E-state index in [1.165, 1.54) is 11.6 Å². The number of hydrogen-bond acceptors (Lipinski definition) is 4. The average molecular weight is 453 g/mol. The zero-order valence-corrected chi connectivity index (χ0v) is 19.4. The molecule has 6 rings (SSSR count). The number of hydrogen-bond donors (Lipinski definition) is 1. The van der Waals surface area contributed by atoms with Gasteiger partial charge < -0.3 is 14.3 Å². The maximum Gasteiger partial charge on any atom is 0.331 e. The molecular weight excluding hydrogens is 428 g/mol. The summed E-state index contributed by atoms with van der Waals surface area (Å²) >= 11 is 0. The molecule has 5 aromatic rings. The number of rotatable bonds is 2. The molecule has 7 heteroatoms. The van der Waals surface area contributed by atoms with Gasteiger partial charge in [0.25, 0.3) is 5.56 Å². The van der Waals surface area contributed by atoms with Gasteiger partial charge in [-0.25, -0.2) is 4.79 Å². The highest BCUT2D eigenvalue weighted by atomic mass is 16.3. The SMILES string of the molecule is Cc1ccc(-c2c3c(=O)n(C)c(=O)n(C)c3c3n2-c2ccccc2NC3c2ccc(C)o2)cc1. The quantitative estimate of drug-likeness (QED) is 0.430. The van der Waals surface area contributed by atoms with E-state index in [1.54, 1.807) is 11.6 Å². The van der Waals surface area contributed by atoms with Crippen LogP contribution < -0.4 is 16.6 Å². The summed E-state index contributed by atoms with van der Waals surface area (Å²) in [5.74, 6) is 1.51. The van der Waals surface area contributed by atoms with Crippen LogP contribution in [0.15, 0.2) is 74.7 Å². The molecule has 0 bridgehead atoms. The van der Waals surface area contributed by atoms with Crippen LogP contribution in [0.4, 0.5) is 5.69 Å². The van der Waals surface area contributed by atoms with Gasteiger partial charge >= 0.3 is 5.69 Å². The molecule has 1 aliphatic rings. The molecule has 3 aromatic heterocycles. The normalized spacial score (nSPS) is 14.6. The molecule has 7 nitrogen and oxygen atoms in total. The molecule has 0 spiro atoms. The number of anilines is 1. The number of furan rings is 1. The van der Waals surface area contributed by atoms with Crippen molar-refractivity contribution in [1.29, 1.82) is 0 Å². The van der Waals surface area contributed by atoms with Gasteiger partial charge in [-0.15, -0.1) is 0 Å². The summed E-state index contributed by atoms with van der Waals surface area (Å²) in [6, 6.07) is 19.6. The Bertz CT molecular complexity index is 1710. The molecule has 1 atom stereocenters. The van der Waals surface area contributed by atoms with Crippen LogP contribution in [0.1, 0.15) is 28.8 Å². The molecule has 34 heavy (non-hydrogen) atoms. The van der Waals surface area contributed by atoms with Gasteiger partial charge in [-0.3, -0.25) is 13.9 Å². The van der Waals surface area contributed by atoms with Crippen LogP contribution in [-0.4, -0.2) is 13.7 Å². The van der Waals surface area contributed by atoms with Crippen LogP contribution in [0.2, 0.25) is 0 Å². The van der Waals surface area contributed by atoms with E-state index in [2.05, 4.69) is 9.88 Å². The fourth-order valence-corrected chi connectivity index (χ4v) is 5.03. The molecule has 0 aliphatic carbocycles. The molecule has 2 aromatic carbocycles. The Morgan fingerprint density at radius 3 is 2.32 bits per heavy atom. The fourth-order valence-electron chi connectivity index (χ4n) is 5.03. The highest BCUT2D eigenvalue weighted by Gasteiger charge is 2.35. The summed E-state index contributed by atoms with van der Waals surface area (Å²) in [7, 11) is 3.24. The van der Waals surface area contributed by atoms with Gasteiger partial charge in [0.05, 0.1) is 33.7 Å². The van der Waals surface area contributed by atoms with Crippen molar-refractivity contribution in [1.82, 2.24) is 13.7 Å². The summed E-state index contributed by atoms with van der Waals surface area (Å²) in [5, 5.41) is 4.10. The van der Waals surface area contributed by atoms with E-state index >= 15 is 0 Å². The molecule has 170 valence electrons. The second kappa shape index (κ2) is 7.12. The topological polar surface area (TPSA) is 74.1 Å². The Morgan fingerprint density at radius 2 is 1.62 bits per heavy atom. The number of nitrogens with zero attached hydrogens (tertiary/aromatic N) is 3. The summed E-state index contributed by atoms with van der Waals surface area (Å²) in [6.45, 7) is 3.94. The lowest BCUT2D eigenvalue weighted by atomic mass is 10.1. The summed E-state index contributed by atoms with van der Waals surface area (Å²) in [4.78, 5) is 26.7. The van der Waals surface area contributed by atoms with Crippen molar-refractivity contribution < 1.29 is 4.42 Å². The Kier molecular flexibility index (Phi) is 4.26. The summed E-state index contributed by atoms with van der Waals surface area (Å²) in [6.07, 6.45) is 0. The highest BCUT2D eigenvalue weighted by Crippen LogP contribution is 2.45. The van der Waals surface area contributed by atoms with Crippen molar-refractivity contribution in [3.8, 4) is 16.9 Å².